The first kappa shape index (κ1) is 41.5. The van der Waals surface area contributed by atoms with Gasteiger partial charge in [-0.15, -0.1) is 5.10 Å². The lowest BCUT2D eigenvalue weighted by atomic mass is 10.0. The molecule has 3 unspecified atom stereocenters. The molecule has 0 bridgehead atoms. The number of carbonyl (C=O) groups excluding carboxylic acids is 3. The fourth-order valence-electron chi connectivity index (χ4n) is 5.44. The molecule has 2 amide bonds. The van der Waals surface area contributed by atoms with E-state index >= 15 is 0 Å². The van der Waals surface area contributed by atoms with Crippen molar-refractivity contribution in [3.05, 3.63) is 11.4 Å². The monoisotopic (exact) mass is 689 g/mol. The average Bonchev–Trinajstić information content (AvgIpc) is 3.60. The molecule has 1 aromatic rings. The molecule has 0 aromatic carbocycles. The summed E-state index contributed by atoms with van der Waals surface area (Å²) in [5, 5.41) is 14.1. The van der Waals surface area contributed by atoms with Crippen LogP contribution in [0.3, 0.4) is 0 Å². The molecular weight excluding hydrogens is 626 g/mol. The molecule has 15 heteroatoms. The standard InChI is InChI=1S/C31H53N5O10.C2H6.2H2/c1-24(37)7-11-40-15-19-44-21-17-42-13-9-33-31(39)46-23-27-25-3-5-28-29(6-4-26(25)27)36(35-34-28)10-14-43-18-22-45-20-16-41-12-8-30(38)32-2;1-2;;/h25-27H,3-23H2,1-2H3,(H,32,38)(H,33,39);1-2H3;2*1H. The van der Waals surface area contributed by atoms with Crippen LogP contribution >= 0.6 is 0 Å². The lowest BCUT2D eigenvalue weighted by Gasteiger charge is -2.11. The van der Waals surface area contributed by atoms with Crippen molar-refractivity contribution in [2.45, 2.75) is 65.8 Å². The molecule has 2 aliphatic carbocycles. The Morgan fingerprint density at radius 3 is 1.92 bits per heavy atom. The molecule has 3 rings (SSSR count). The Morgan fingerprint density at radius 1 is 0.771 bits per heavy atom. The highest BCUT2D eigenvalue weighted by Gasteiger charge is 2.50. The van der Waals surface area contributed by atoms with Gasteiger partial charge in [0.2, 0.25) is 5.91 Å². The van der Waals surface area contributed by atoms with E-state index in [1.807, 2.05) is 18.5 Å². The maximum atomic E-state index is 12.2. The van der Waals surface area contributed by atoms with Crippen molar-refractivity contribution in [1.29, 1.82) is 0 Å². The van der Waals surface area contributed by atoms with E-state index in [1.54, 1.807) is 7.05 Å². The van der Waals surface area contributed by atoms with Gasteiger partial charge in [-0.3, -0.25) is 9.59 Å². The zero-order valence-electron chi connectivity index (χ0n) is 29.5. The second-order valence-electron chi connectivity index (χ2n) is 11.3. The largest absolute Gasteiger partial charge is 0.449 e. The highest BCUT2D eigenvalue weighted by Crippen LogP contribution is 2.52. The first-order valence-corrected chi connectivity index (χ1v) is 17.5. The number of carbonyl (C=O) groups is 3. The number of hydrogen-bond donors (Lipinski definition) is 2. The SMILES string of the molecule is CC.CNC(=O)CCOCCOCCOCCn1nnc2c1CCC1C(CC2)C1COC(=O)NCCOCCOCCOCCC(C)=O.[HH].[HH]. The minimum atomic E-state index is -0.418. The molecule has 0 saturated heterocycles. The van der Waals surface area contributed by atoms with E-state index in [2.05, 4.69) is 20.9 Å². The van der Waals surface area contributed by atoms with Gasteiger partial charge in [-0.05, 0) is 50.4 Å². The van der Waals surface area contributed by atoms with Crippen LogP contribution in [0.2, 0.25) is 0 Å². The predicted molar refractivity (Wildman–Crippen MR) is 181 cm³/mol. The van der Waals surface area contributed by atoms with Gasteiger partial charge in [0.25, 0.3) is 0 Å². The van der Waals surface area contributed by atoms with Gasteiger partial charge in [-0.2, -0.15) is 0 Å². The van der Waals surface area contributed by atoms with Crippen LogP contribution < -0.4 is 10.6 Å². The number of hydrogen-bond acceptors (Lipinski definition) is 12. The van der Waals surface area contributed by atoms with Crippen molar-refractivity contribution in [2.75, 3.05) is 99.5 Å². The number of ketones is 1. The van der Waals surface area contributed by atoms with Crippen molar-refractivity contribution in [2.24, 2.45) is 17.8 Å². The second-order valence-corrected chi connectivity index (χ2v) is 11.3. The van der Waals surface area contributed by atoms with Crippen molar-refractivity contribution in [3.8, 4) is 0 Å². The third-order valence-corrected chi connectivity index (χ3v) is 8.06. The summed E-state index contributed by atoms with van der Waals surface area (Å²) in [7, 11) is 1.60. The Kier molecular flexibility index (Phi) is 22.7. The van der Waals surface area contributed by atoms with E-state index in [4.69, 9.17) is 33.2 Å². The molecule has 0 spiro atoms. The van der Waals surface area contributed by atoms with Crippen molar-refractivity contribution in [3.63, 3.8) is 0 Å². The Morgan fingerprint density at radius 2 is 1.31 bits per heavy atom. The normalized spacial score (nSPS) is 18.0. The zero-order valence-corrected chi connectivity index (χ0v) is 29.5. The van der Waals surface area contributed by atoms with Crippen LogP contribution in [-0.2, 0) is 62.1 Å². The lowest BCUT2D eigenvalue weighted by molar-refractivity contribution is -0.122. The van der Waals surface area contributed by atoms with Crippen LogP contribution in [0, 0.1) is 17.8 Å². The topological polar surface area (TPSA) is 171 Å². The minimum absolute atomic E-state index is 0. The van der Waals surface area contributed by atoms with Gasteiger partial charge in [-0.1, -0.05) is 19.1 Å². The van der Waals surface area contributed by atoms with Crippen LogP contribution in [0.5, 0.6) is 0 Å². The zero-order chi connectivity index (χ0) is 34.8. The van der Waals surface area contributed by atoms with E-state index < -0.39 is 6.09 Å². The fourth-order valence-corrected chi connectivity index (χ4v) is 5.44. The summed E-state index contributed by atoms with van der Waals surface area (Å²) in [4.78, 5) is 34.1. The molecule has 0 aliphatic heterocycles. The van der Waals surface area contributed by atoms with E-state index in [-0.39, 0.29) is 14.5 Å². The highest BCUT2D eigenvalue weighted by molar-refractivity contribution is 5.75. The molecule has 0 radical (unpaired) electrons. The molecule has 1 fully saturated rings. The van der Waals surface area contributed by atoms with Crippen LogP contribution in [0.4, 0.5) is 4.79 Å². The number of rotatable bonds is 26. The molecule has 1 heterocycles. The number of aryl methyl sites for hydroxylation is 1. The van der Waals surface area contributed by atoms with Gasteiger partial charge in [0, 0.05) is 29.3 Å². The molecule has 1 saturated carbocycles. The molecular formula is C33H63N5O10. The summed E-state index contributed by atoms with van der Waals surface area (Å²) < 4.78 is 40.2. The molecule has 15 nitrogen and oxygen atoms in total. The van der Waals surface area contributed by atoms with Crippen LogP contribution in [-0.4, -0.2) is 132 Å². The molecule has 2 aliphatic rings. The van der Waals surface area contributed by atoms with Crippen molar-refractivity contribution in [1.82, 2.24) is 25.6 Å². The quantitative estimate of drug-likeness (QED) is 0.137. The van der Waals surface area contributed by atoms with E-state index in [9.17, 15) is 14.4 Å². The van der Waals surface area contributed by atoms with E-state index in [1.165, 1.54) is 12.6 Å². The van der Waals surface area contributed by atoms with Gasteiger partial charge in [0.05, 0.1) is 104 Å². The summed E-state index contributed by atoms with van der Waals surface area (Å²) >= 11 is 0. The number of nitrogens with one attached hydrogen (secondary N) is 2. The van der Waals surface area contributed by atoms with Crippen LogP contribution in [0.1, 0.15) is 60.7 Å². The van der Waals surface area contributed by atoms with Crippen molar-refractivity contribution < 1.29 is 50.4 Å². The lowest BCUT2D eigenvalue weighted by Crippen LogP contribution is -2.29. The number of aromatic nitrogens is 3. The summed E-state index contributed by atoms with van der Waals surface area (Å²) in [5.41, 5.74) is 2.24. The van der Waals surface area contributed by atoms with Gasteiger partial charge in [0.15, 0.2) is 0 Å². The smallest absolute Gasteiger partial charge is 0.407 e. The van der Waals surface area contributed by atoms with Gasteiger partial charge in [0.1, 0.15) is 5.78 Å². The van der Waals surface area contributed by atoms with Gasteiger partial charge >= 0.3 is 6.09 Å². The van der Waals surface area contributed by atoms with E-state index in [0.29, 0.717) is 130 Å². The highest BCUT2D eigenvalue weighted by atomic mass is 16.6. The Bertz CT molecular complexity index is 1040. The van der Waals surface area contributed by atoms with E-state index in [0.717, 1.165) is 31.4 Å². The van der Waals surface area contributed by atoms with Gasteiger partial charge in [-0.25, -0.2) is 9.48 Å². The fraction of sp³-hybridized carbons (Fsp3) is 0.848. The first-order chi connectivity index (χ1) is 23.5. The summed E-state index contributed by atoms with van der Waals surface area (Å²) in [6, 6.07) is 0. The predicted octanol–water partition coefficient (Wildman–Crippen LogP) is 2.48. The van der Waals surface area contributed by atoms with Gasteiger partial charge < -0.3 is 43.8 Å². The average molecular weight is 690 g/mol. The number of amides is 2. The summed E-state index contributed by atoms with van der Waals surface area (Å²) in [6.07, 6.45) is 4.19. The maximum absolute atomic E-state index is 12.2. The maximum Gasteiger partial charge on any atom is 0.407 e. The third-order valence-electron chi connectivity index (χ3n) is 8.06. The number of fused-ring (bicyclic) bond motifs is 2. The Labute approximate surface area is 288 Å². The molecule has 48 heavy (non-hydrogen) atoms. The van der Waals surface area contributed by atoms with Crippen molar-refractivity contribution >= 4 is 17.8 Å². The number of ether oxygens (including phenoxy) is 7. The first-order valence-electron chi connectivity index (χ1n) is 17.5. The minimum Gasteiger partial charge on any atom is -0.449 e. The molecule has 1 aromatic heterocycles. The number of alkyl carbamates (subject to hydrolysis) is 1. The third kappa shape index (κ3) is 17.6. The van der Waals surface area contributed by atoms with Crippen LogP contribution in [0.25, 0.3) is 0 Å². The number of nitrogens with zero attached hydrogens (tertiary/aromatic N) is 3. The molecule has 280 valence electrons. The molecule has 2 N–H and O–H groups in total. The number of Topliss-reactive ketones (excluding diaryl/α,β-unsaturated/α-hetero) is 1. The Hall–Kier alpha value is -2.69. The summed E-state index contributed by atoms with van der Waals surface area (Å²) in [6.45, 7) is 12.3. The second kappa shape index (κ2) is 26.2. The Balaban J connectivity index is 0.00000589. The molecule has 3 atom stereocenters. The van der Waals surface area contributed by atoms with Crippen LogP contribution in [0.15, 0.2) is 0 Å². The summed E-state index contributed by atoms with van der Waals surface area (Å²) in [5.74, 6) is 1.56.